The topological polar surface area (TPSA) is 68.8 Å². The number of hydrazine groups is 1. The Morgan fingerprint density at radius 1 is 1.50 bits per heavy atom. The first-order chi connectivity index (χ1) is 9.61. The summed E-state index contributed by atoms with van der Waals surface area (Å²) in [4.78, 5) is 4.13. The van der Waals surface area contributed by atoms with Crippen LogP contribution in [0.2, 0.25) is 0 Å². The molecule has 2 heterocycles. The second kappa shape index (κ2) is 6.97. The minimum Gasteiger partial charge on any atom is -0.271 e. The Balaban J connectivity index is 1.99. The van der Waals surface area contributed by atoms with Crippen LogP contribution < -0.4 is 11.3 Å². The molecule has 0 fully saturated rings. The second-order valence-corrected chi connectivity index (χ2v) is 5.73. The predicted molar refractivity (Wildman–Crippen MR) is 83.0 cm³/mol. The molecule has 0 aliphatic carbocycles. The van der Waals surface area contributed by atoms with Crippen LogP contribution in [0.5, 0.6) is 0 Å². The van der Waals surface area contributed by atoms with E-state index in [-0.39, 0.29) is 6.04 Å². The van der Waals surface area contributed by atoms with E-state index in [1.165, 1.54) is 5.56 Å². The Kier molecular flexibility index (Phi) is 5.28. The fourth-order valence-electron chi connectivity index (χ4n) is 2.27. The number of aryl methyl sites for hydroxylation is 3. The summed E-state index contributed by atoms with van der Waals surface area (Å²) in [5.74, 6) is 5.68. The van der Waals surface area contributed by atoms with Gasteiger partial charge < -0.3 is 0 Å². The Morgan fingerprint density at radius 3 is 2.85 bits per heavy atom. The van der Waals surface area contributed by atoms with Gasteiger partial charge in [0.1, 0.15) is 0 Å². The molecular weight excluding hydrogens is 318 g/mol. The van der Waals surface area contributed by atoms with Gasteiger partial charge in [0, 0.05) is 31.9 Å². The van der Waals surface area contributed by atoms with Crippen molar-refractivity contribution >= 4 is 15.9 Å². The van der Waals surface area contributed by atoms with E-state index in [0.717, 1.165) is 35.1 Å². The third-order valence-corrected chi connectivity index (χ3v) is 4.47. The van der Waals surface area contributed by atoms with E-state index in [1.807, 2.05) is 30.9 Å². The maximum atomic E-state index is 5.68. The Labute approximate surface area is 127 Å². The first-order valence-electron chi connectivity index (χ1n) is 6.64. The first-order valence-corrected chi connectivity index (χ1v) is 7.44. The van der Waals surface area contributed by atoms with Crippen LogP contribution in [-0.4, -0.2) is 20.8 Å². The monoisotopic (exact) mass is 337 g/mol. The zero-order valence-corrected chi connectivity index (χ0v) is 13.4. The largest absolute Gasteiger partial charge is 0.271 e. The standard InChI is InChI=1S/C14H20BrN5/c1-10-14(15)13(20(2)19-10)8-12(18-16)6-5-11-4-3-7-17-9-11/h3-4,7,9,12,18H,5-6,8,16H2,1-2H3. The molecule has 0 spiro atoms. The number of aromatic nitrogens is 3. The van der Waals surface area contributed by atoms with Gasteiger partial charge in [0.15, 0.2) is 0 Å². The molecule has 0 saturated carbocycles. The molecule has 3 N–H and O–H groups in total. The molecule has 0 amide bonds. The van der Waals surface area contributed by atoms with E-state index in [4.69, 9.17) is 5.84 Å². The van der Waals surface area contributed by atoms with Crippen LogP contribution >= 0.6 is 15.9 Å². The summed E-state index contributed by atoms with van der Waals surface area (Å²) in [6.45, 7) is 1.99. The highest BCUT2D eigenvalue weighted by molar-refractivity contribution is 9.10. The highest BCUT2D eigenvalue weighted by Crippen LogP contribution is 2.22. The smallest absolute Gasteiger partial charge is 0.0738 e. The second-order valence-electron chi connectivity index (χ2n) is 4.94. The Hall–Kier alpha value is -1.24. The van der Waals surface area contributed by atoms with Crippen molar-refractivity contribution in [3.63, 3.8) is 0 Å². The summed E-state index contributed by atoms with van der Waals surface area (Å²) < 4.78 is 2.98. The quantitative estimate of drug-likeness (QED) is 0.623. The molecule has 0 aliphatic rings. The lowest BCUT2D eigenvalue weighted by Gasteiger charge is -2.16. The van der Waals surface area contributed by atoms with Crippen LogP contribution in [0.25, 0.3) is 0 Å². The molecule has 20 heavy (non-hydrogen) atoms. The van der Waals surface area contributed by atoms with Gasteiger partial charge >= 0.3 is 0 Å². The predicted octanol–water partition coefficient (Wildman–Crippen LogP) is 1.89. The van der Waals surface area contributed by atoms with Crippen LogP contribution in [0.15, 0.2) is 29.0 Å². The van der Waals surface area contributed by atoms with Crippen molar-refractivity contribution in [1.82, 2.24) is 20.2 Å². The van der Waals surface area contributed by atoms with Crippen LogP contribution in [-0.2, 0) is 19.9 Å². The van der Waals surface area contributed by atoms with Crippen molar-refractivity contribution in [3.8, 4) is 0 Å². The summed E-state index contributed by atoms with van der Waals surface area (Å²) in [5, 5.41) is 4.41. The van der Waals surface area contributed by atoms with E-state index < -0.39 is 0 Å². The Morgan fingerprint density at radius 2 is 2.30 bits per heavy atom. The molecule has 5 nitrogen and oxygen atoms in total. The summed E-state index contributed by atoms with van der Waals surface area (Å²) in [6.07, 6.45) is 6.44. The van der Waals surface area contributed by atoms with E-state index in [2.05, 4.69) is 37.5 Å². The van der Waals surface area contributed by atoms with Crippen molar-refractivity contribution in [3.05, 3.63) is 46.0 Å². The SMILES string of the molecule is Cc1nn(C)c(CC(CCc2cccnc2)NN)c1Br. The van der Waals surface area contributed by atoms with Gasteiger partial charge in [0.25, 0.3) is 0 Å². The molecule has 2 rings (SSSR count). The lowest BCUT2D eigenvalue weighted by atomic mass is 10.0. The van der Waals surface area contributed by atoms with Crippen molar-refractivity contribution < 1.29 is 0 Å². The van der Waals surface area contributed by atoms with Gasteiger partial charge in [-0.15, -0.1) is 0 Å². The van der Waals surface area contributed by atoms with E-state index in [1.54, 1.807) is 6.20 Å². The Bertz CT molecular complexity index is 552. The average Bonchev–Trinajstić information content (AvgIpc) is 2.70. The summed E-state index contributed by atoms with van der Waals surface area (Å²) >= 11 is 3.59. The summed E-state index contributed by atoms with van der Waals surface area (Å²) in [6, 6.07) is 4.26. The van der Waals surface area contributed by atoms with E-state index in [0.29, 0.717) is 0 Å². The van der Waals surface area contributed by atoms with Crippen LogP contribution in [0.4, 0.5) is 0 Å². The van der Waals surface area contributed by atoms with Gasteiger partial charge in [-0.05, 0) is 47.3 Å². The summed E-state index contributed by atoms with van der Waals surface area (Å²) in [5.41, 5.74) is 6.30. The molecule has 6 heteroatoms. The molecular formula is C14H20BrN5. The van der Waals surface area contributed by atoms with E-state index >= 15 is 0 Å². The molecule has 0 saturated heterocycles. The molecule has 2 aromatic rings. The molecule has 0 aromatic carbocycles. The maximum absolute atomic E-state index is 5.68. The fraction of sp³-hybridized carbons (Fsp3) is 0.429. The zero-order chi connectivity index (χ0) is 14.5. The number of nitrogens with zero attached hydrogens (tertiary/aromatic N) is 3. The number of hydrogen-bond acceptors (Lipinski definition) is 4. The number of nitrogens with one attached hydrogen (secondary N) is 1. The molecule has 0 aliphatic heterocycles. The normalized spacial score (nSPS) is 12.6. The summed E-state index contributed by atoms with van der Waals surface area (Å²) in [7, 11) is 1.96. The van der Waals surface area contributed by atoms with Crippen molar-refractivity contribution in [1.29, 1.82) is 0 Å². The van der Waals surface area contributed by atoms with Gasteiger partial charge in [-0.25, -0.2) is 0 Å². The molecule has 1 unspecified atom stereocenters. The number of nitrogens with two attached hydrogens (primary N) is 1. The molecule has 2 aromatic heterocycles. The minimum absolute atomic E-state index is 0.210. The first kappa shape index (κ1) is 15.2. The maximum Gasteiger partial charge on any atom is 0.0738 e. The van der Waals surface area contributed by atoms with Gasteiger partial charge in [-0.1, -0.05) is 6.07 Å². The van der Waals surface area contributed by atoms with Gasteiger partial charge in [0.05, 0.1) is 15.9 Å². The third kappa shape index (κ3) is 3.65. The highest BCUT2D eigenvalue weighted by atomic mass is 79.9. The van der Waals surface area contributed by atoms with Crippen LogP contribution in [0.1, 0.15) is 23.4 Å². The lowest BCUT2D eigenvalue weighted by molar-refractivity contribution is 0.477. The lowest BCUT2D eigenvalue weighted by Crippen LogP contribution is -2.37. The number of rotatable bonds is 6. The molecule has 108 valence electrons. The zero-order valence-electron chi connectivity index (χ0n) is 11.8. The highest BCUT2D eigenvalue weighted by Gasteiger charge is 2.16. The number of halogens is 1. The van der Waals surface area contributed by atoms with Crippen LogP contribution in [0, 0.1) is 6.92 Å². The van der Waals surface area contributed by atoms with Crippen molar-refractivity contribution in [2.24, 2.45) is 12.9 Å². The average molecular weight is 338 g/mol. The van der Waals surface area contributed by atoms with Crippen molar-refractivity contribution in [2.75, 3.05) is 0 Å². The number of hydrogen-bond donors (Lipinski definition) is 2. The number of pyridine rings is 1. The van der Waals surface area contributed by atoms with Crippen LogP contribution in [0.3, 0.4) is 0 Å². The van der Waals surface area contributed by atoms with Gasteiger partial charge in [-0.3, -0.25) is 20.9 Å². The minimum atomic E-state index is 0.210. The fourth-order valence-corrected chi connectivity index (χ4v) is 2.76. The van der Waals surface area contributed by atoms with E-state index in [9.17, 15) is 0 Å². The van der Waals surface area contributed by atoms with Crippen molar-refractivity contribution in [2.45, 2.75) is 32.2 Å². The molecule has 1 atom stereocenters. The van der Waals surface area contributed by atoms with Gasteiger partial charge in [0.2, 0.25) is 0 Å². The third-order valence-electron chi connectivity index (χ3n) is 3.44. The molecule has 0 radical (unpaired) electrons. The van der Waals surface area contributed by atoms with Gasteiger partial charge in [-0.2, -0.15) is 5.10 Å². The molecule has 0 bridgehead atoms.